The van der Waals surface area contributed by atoms with Gasteiger partial charge in [-0.05, 0) is 40.2 Å². The SMILES string of the molecule is COc1ccc(F)c(NS(=O)(=O)c2ccccc2Br)c1. The van der Waals surface area contributed by atoms with Gasteiger partial charge in [-0.15, -0.1) is 0 Å². The minimum atomic E-state index is -3.88. The standard InChI is InChI=1S/C13H11BrFNO3S/c1-19-9-6-7-11(15)12(8-9)16-20(17,18)13-5-3-2-4-10(13)14/h2-8,16H,1H3. The predicted octanol–water partition coefficient (Wildman–Crippen LogP) is 3.40. The number of hydrogen-bond acceptors (Lipinski definition) is 3. The first-order valence-corrected chi connectivity index (χ1v) is 7.82. The Morgan fingerprint density at radius 3 is 2.55 bits per heavy atom. The van der Waals surface area contributed by atoms with E-state index >= 15 is 0 Å². The molecule has 2 rings (SSSR count). The Hall–Kier alpha value is -1.60. The summed E-state index contributed by atoms with van der Waals surface area (Å²) in [7, 11) is -2.47. The van der Waals surface area contributed by atoms with Crippen molar-refractivity contribution in [3.63, 3.8) is 0 Å². The van der Waals surface area contributed by atoms with E-state index in [-0.39, 0.29) is 10.6 Å². The maximum atomic E-state index is 13.7. The van der Waals surface area contributed by atoms with Gasteiger partial charge >= 0.3 is 0 Å². The molecule has 0 unspecified atom stereocenters. The van der Waals surface area contributed by atoms with E-state index in [1.807, 2.05) is 0 Å². The lowest BCUT2D eigenvalue weighted by Gasteiger charge is -2.11. The Bertz CT molecular complexity index is 734. The molecule has 0 amide bonds. The van der Waals surface area contributed by atoms with Crippen LogP contribution in [0.25, 0.3) is 0 Å². The minimum Gasteiger partial charge on any atom is -0.497 e. The number of anilines is 1. The van der Waals surface area contributed by atoms with Gasteiger partial charge in [0.15, 0.2) is 0 Å². The molecular weight excluding hydrogens is 349 g/mol. The van der Waals surface area contributed by atoms with Crippen molar-refractivity contribution in [2.45, 2.75) is 4.90 Å². The average molecular weight is 360 g/mol. The maximum absolute atomic E-state index is 13.7. The van der Waals surface area contributed by atoms with E-state index in [2.05, 4.69) is 20.7 Å². The lowest BCUT2D eigenvalue weighted by molar-refractivity contribution is 0.414. The summed E-state index contributed by atoms with van der Waals surface area (Å²) in [5.41, 5.74) is -0.167. The molecule has 2 aromatic rings. The number of methoxy groups -OCH3 is 1. The third-order valence-electron chi connectivity index (χ3n) is 2.54. The van der Waals surface area contributed by atoms with Crippen LogP contribution in [0.5, 0.6) is 5.75 Å². The highest BCUT2D eigenvalue weighted by atomic mass is 79.9. The first kappa shape index (κ1) is 14.8. The molecule has 0 saturated carbocycles. The molecule has 4 nitrogen and oxygen atoms in total. The molecule has 0 heterocycles. The molecule has 0 aliphatic carbocycles. The third kappa shape index (κ3) is 3.10. The first-order chi connectivity index (χ1) is 9.44. The highest BCUT2D eigenvalue weighted by Gasteiger charge is 2.19. The van der Waals surface area contributed by atoms with Gasteiger partial charge in [0.25, 0.3) is 10.0 Å². The molecule has 0 aliphatic rings. The van der Waals surface area contributed by atoms with E-state index < -0.39 is 15.8 Å². The topological polar surface area (TPSA) is 55.4 Å². The van der Waals surface area contributed by atoms with Crippen LogP contribution >= 0.6 is 15.9 Å². The second kappa shape index (κ2) is 5.80. The Morgan fingerprint density at radius 2 is 1.90 bits per heavy atom. The van der Waals surface area contributed by atoms with Crippen LogP contribution in [0.4, 0.5) is 10.1 Å². The molecule has 106 valence electrons. The predicted molar refractivity (Wildman–Crippen MR) is 77.9 cm³/mol. The fraction of sp³-hybridized carbons (Fsp3) is 0.0769. The number of ether oxygens (including phenoxy) is 1. The second-order valence-electron chi connectivity index (χ2n) is 3.88. The van der Waals surface area contributed by atoms with Gasteiger partial charge in [-0.25, -0.2) is 12.8 Å². The zero-order valence-electron chi connectivity index (χ0n) is 10.4. The van der Waals surface area contributed by atoms with E-state index in [1.165, 1.54) is 25.3 Å². The number of hydrogen-bond donors (Lipinski definition) is 1. The summed E-state index contributed by atoms with van der Waals surface area (Å²) in [6.45, 7) is 0. The van der Waals surface area contributed by atoms with Gasteiger partial charge in [-0.3, -0.25) is 4.72 Å². The summed E-state index contributed by atoms with van der Waals surface area (Å²) >= 11 is 3.15. The molecule has 0 aromatic heterocycles. The van der Waals surface area contributed by atoms with E-state index in [1.54, 1.807) is 18.2 Å². The number of halogens is 2. The first-order valence-electron chi connectivity index (χ1n) is 5.55. The van der Waals surface area contributed by atoms with Crippen molar-refractivity contribution in [3.05, 3.63) is 52.8 Å². The van der Waals surface area contributed by atoms with Crippen molar-refractivity contribution in [3.8, 4) is 5.75 Å². The Kier molecular flexibility index (Phi) is 4.29. The van der Waals surface area contributed by atoms with Gasteiger partial charge in [0.05, 0.1) is 12.8 Å². The quantitative estimate of drug-likeness (QED) is 0.909. The normalized spacial score (nSPS) is 11.2. The van der Waals surface area contributed by atoms with Crippen molar-refractivity contribution in [2.75, 3.05) is 11.8 Å². The van der Waals surface area contributed by atoms with E-state index in [4.69, 9.17) is 4.74 Å². The van der Waals surface area contributed by atoms with Crippen LogP contribution < -0.4 is 9.46 Å². The Balaban J connectivity index is 2.41. The zero-order valence-corrected chi connectivity index (χ0v) is 12.8. The summed E-state index contributed by atoms with van der Waals surface area (Å²) in [5.74, 6) is -0.322. The van der Waals surface area contributed by atoms with Gasteiger partial charge in [0.2, 0.25) is 0 Å². The summed E-state index contributed by atoms with van der Waals surface area (Å²) in [5, 5.41) is 0. The van der Waals surface area contributed by atoms with E-state index in [9.17, 15) is 12.8 Å². The largest absolute Gasteiger partial charge is 0.497 e. The molecule has 0 fully saturated rings. The molecule has 2 aromatic carbocycles. The van der Waals surface area contributed by atoms with Crippen LogP contribution in [0.15, 0.2) is 51.8 Å². The molecule has 1 N–H and O–H groups in total. The van der Waals surface area contributed by atoms with Crippen LogP contribution in [-0.4, -0.2) is 15.5 Å². The van der Waals surface area contributed by atoms with Crippen molar-refractivity contribution in [2.24, 2.45) is 0 Å². The number of nitrogens with one attached hydrogen (secondary N) is 1. The average Bonchev–Trinajstić information content (AvgIpc) is 2.41. The highest BCUT2D eigenvalue weighted by Crippen LogP contribution is 2.27. The van der Waals surface area contributed by atoms with Crippen molar-refractivity contribution >= 4 is 31.6 Å². The van der Waals surface area contributed by atoms with Crippen LogP contribution in [-0.2, 0) is 10.0 Å². The van der Waals surface area contributed by atoms with Gasteiger partial charge in [-0.2, -0.15) is 0 Å². The number of benzene rings is 2. The van der Waals surface area contributed by atoms with E-state index in [0.29, 0.717) is 10.2 Å². The van der Waals surface area contributed by atoms with Gasteiger partial charge in [0.1, 0.15) is 16.5 Å². The Morgan fingerprint density at radius 1 is 1.20 bits per heavy atom. The minimum absolute atomic E-state index is 0.0298. The van der Waals surface area contributed by atoms with Crippen LogP contribution in [0, 0.1) is 5.82 Å². The third-order valence-corrected chi connectivity index (χ3v) is 4.92. The summed E-state index contributed by atoms with van der Waals surface area (Å²) in [6, 6.07) is 10.1. The summed E-state index contributed by atoms with van der Waals surface area (Å²) in [6.07, 6.45) is 0. The fourth-order valence-electron chi connectivity index (χ4n) is 1.57. The van der Waals surface area contributed by atoms with Crippen molar-refractivity contribution < 1.29 is 17.5 Å². The van der Waals surface area contributed by atoms with Crippen molar-refractivity contribution in [1.29, 1.82) is 0 Å². The van der Waals surface area contributed by atoms with Gasteiger partial charge in [-0.1, -0.05) is 12.1 Å². The fourth-order valence-corrected chi connectivity index (χ4v) is 3.63. The molecule has 0 saturated heterocycles. The van der Waals surface area contributed by atoms with Gasteiger partial charge < -0.3 is 4.74 Å². The molecule has 0 bridgehead atoms. The number of sulfonamides is 1. The van der Waals surface area contributed by atoms with Gasteiger partial charge in [0, 0.05) is 10.5 Å². The molecular formula is C13H11BrFNO3S. The van der Waals surface area contributed by atoms with E-state index in [0.717, 1.165) is 6.07 Å². The summed E-state index contributed by atoms with van der Waals surface area (Å²) in [4.78, 5) is 0.0298. The molecule has 20 heavy (non-hydrogen) atoms. The monoisotopic (exact) mass is 359 g/mol. The second-order valence-corrected chi connectivity index (χ2v) is 6.39. The molecule has 0 aliphatic heterocycles. The Labute approximate surface area is 124 Å². The highest BCUT2D eigenvalue weighted by molar-refractivity contribution is 9.10. The lowest BCUT2D eigenvalue weighted by Crippen LogP contribution is -2.14. The molecule has 0 spiro atoms. The van der Waals surface area contributed by atoms with Crippen molar-refractivity contribution in [1.82, 2.24) is 0 Å². The smallest absolute Gasteiger partial charge is 0.263 e. The molecule has 7 heteroatoms. The summed E-state index contributed by atoms with van der Waals surface area (Å²) < 4.78 is 45.7. The molecule has 0 radical (unpaired) electrons. The molecule has 0 atom stereocenters. The number of rotatable bonds is 4. The lowest BCUT2D eigenvalue weighted by atomic mass is 10.3. The zero-order chi connectivity index (χ0) is 14.8. The van der Waals surface area contributed by atoms with Crippen LogP contribution in [0.2, 0.25) is 0 Å². The van der Waals surface area contributed by atoms with Crippen LogP contribution in [0.3, 0.4) is 0 Å². The van der Waals surface area contributed by atoms with Crippen LogP contribution in [0.1, 0.15) is 0 Å². The maximum Gasteiger partial charge on any atom is 0.263 e.